The number of allylic oxidation sites excluding steroid dienone is 3. The number of fused-ring (bicyclic) bond motifs is 2. The minimum Gasteiger partial charge on any atom is -0.748 e. The third-order valence-corrected chi connectivity index (χ3v) is 14.9. The molecule has 0 aromatic heterocycles. The molecular weight excluding hydrogens is 1120 g/mol. The van der Waals surface area contributed by atoms with Crippen LogP contribution < -0.4 is 73.9 Å². The van der Waals surface area contributed by atoms with Crippen LogP contribution in [0.4, 0.5) is 5.69 Å². The van der Waals surface area contributed by atoms with Crippen molar-refractivity contribution < 1.29 is 150 Å². The van der Waals surface area contributed by atoms with Crippen molar-refractivity contribution in [2.75, 3.05) is 116 Å². The van der Waals surface area contributed by atoms with E-state index >= 15 is 0 Å². The molecule has 1 atom stereocenters. The predicted molar refractivity (Wildman–Crippen MR) is 276 cm³/mol. The predicted octanol–water partition coefficient (Wildman–Crippen LogP) is -2.97. The van der Waals surface area contributed by atoms with Gasteiger partial charge in [0.15, 0.2) is 6.54 Å². The van der Waals surface area contributed by atoms with Gasteiger partial charge in [0, 0.05) is 72.9 Å². The molecule has 1 aromatic carbocycles. The molecule has 0 N–H and O–H groups in total. The van der Waals surface area contributed by atoms with Gasteiger partial charge in [-0.05, 0) is 78.8 Å². The van der Waals surface area contributed by atoms with Crippen molar-refractivity contribution in [1.29, 1.82) is 0 Å². The van der Waals surface area contributed by atoms with Gasteiger partial charge in [-0.1, -0.05) is 26.8 Å². The maximum atomic E-state index is 12.3. The topological polar surface area (TPSA) is 310 Å². The summed E-state index contributed by atoms with van der Waals surface area (Å²) >= 11 is 0. The molecule has 0 saturated carbocycles. The van der Waals surface area contributed by atoms with E-state index in [1.165, 1.54) is 18.2 Å². The van der Waals surface area contributed by atoms with Gasteiger partial charge in [-0.25, -0.2) is 34.6 Å². The molecule has 5 rings (SSSR count). The second-order valence-corrected chi connectivity index (χ2v) is 23.8. The molecule has 3 heterocycles. The van der Waals surface area contributed by atoms with Crippen molar-refractivity contribution in [1.82, 2.24) is 9.64 Å². The molecule has 1 saturated heterocycles. The number of hydrogen-bond donors (Lipinski definition) is 0. The summed E-state index contributed by atoms with van der Waals surface area (Å²) < 4.78 is 149. The van der Waals surface area contributed by atoms with E-state index in [-0.39, 0.29) is 162 Å². The number of imide groups is 1. The molecular formula is C51H69N3Na2O20S3. The zero-order valence-electron chi connectivity index (χ0n) is 46.1. The number of ether oxygens (including phenoxy) is 6. The largest absolute Gasteiger partial charge is 1.00 e. The van der Waals surface area contributed by atoms with Crippen LogP contribution in [0.1, 0.15) is 83.1 Å². The number of hydroxylamine groups is 2. The third kappa shape index (κ3) is 22.6. The SMILES string of the molecule is COCCOCCOCC[N+](CCCS(=O)(=O)[O-])=c1ccc2c(C(C)(C)C)cc(/C=C/C=C3/N(CCOCCOCCOCCC(=O)ON4C(=O)CCC4=O)c4ccc(S(=O)(=O)[O-])cc4C3(C)CCCS(=O)(=O)[O-])oc-2c1.[Na+].[Na+]. The molecule has 0 bridgehead atoms. The first-order valence-electron chi connectivity index (χ1n) is 25.1. The Kier molecular flexibility index (Phi) is 29.2. The number of hydrogen-bond acceptors (Lipinski definition) is 21. The van der Waals surface area contributed by atoms with Crippen LogP contribution in [-0.2, 0) is 88.8 Å². The molecule has 428 valence electrons. The molecule has 3 aliphatic heterocycles. The van der Waals surface area contributed by atoms with Gasteiger partial charge in [0.1, 0.15) is 34.8 Å². The Labute approximate surface area is 507 Å². The van der Waals surface area contributed by atoms with Gasteiger partial charge in [-0.2, -0.15) is 0 Å². The maximum absolute atomic E-state index is 12.3. The van der Waals surface area contributed by atoms with E-state index in [4.69, 9.17) is 37.7 Å². The van der Waals surface area contributed by atoms with Gasteiger partial charge in [0.05, 0.1) is 104 Å². The average molecular weight is 1190 g/mol. The van der Waals surface area contributed by atoms with Crippen LogP contribution in [0.15, 0.2) is 69.6 Å². The van der Waals surface area contributed by atoms with Crippen LogP contribution in [0.5, 0.6) is 0 Å². The minimum absolute atomic E-state index is 0. The standard InChI is InChI=1S/C51H71N3O20S3.2Na/c1-50(2,3)42-36-39(73-45-35-38(11-13-41(42)45)52(19-8-34-76(61,62)63)20-23-69-28-31-71-26-25-67-5)9-6-10-46-51(4,18-7-33-75(58,59)60)43-37-40(77(64,65)66)12-14-44(43)53(46)21-24-70-29-32-72-30-27-68-22-17-49(57)74-54-47(55)15-16-48(54)56;;/h6,9-14,35-37H,7-8,15-34H2,1-5H3,(H2-,58,59,60,61,62,63,64,65,66);;/q;2*+1/p-2. The van der Waals surface area contributed by atoms with Gasteiger partial charge >= 0.3 is 65.1 Å². The molecule has 79 heavy (non-hydrogen) atoms. The molecule has 1 fully saturated rings. The molecule has 23 nitrogen and oxygen atoms in total. The van der Waals surface area contributed by atoms with Crippen molar-refractivity contribution in [3.05, 3.63) is 82.6 Å². The first-order valence-corrected chi connectivity index (χ1v) is 29.6. The Morgan fingerprint density at radius 1 is 0.747 bits per heavy atom. The quantitative estimate of drug-likeness (QED) is 0.0193. The fourth-order valence-corrected chi connectivity index (χ4v) is 10.2. The Hall–Kier alpha value is -2.97. The summed E-state index contributed by atoms with van der Waals surface area (Å²) in [5.41, 5.74) is 1.76. The Balaban J connectivity index is 0.00000820. The van der Waals surface area contributed by atoms with Crippen LogP contribution in [0.3, 0.4) is 0 Å². The fraction of sp³-hybridized carbons (Fsp3) is 0.569. The number of methoxy groups -OCH3 is 1. The summed E-state index contributed by atoms with van der Waals surface area (Å²) in [6.45, 7) is 11.2. The van der Waals surface area contributed by atoms with Crippen LogP contribution >= 0.6 is 0 Å². The number of amides is 2. The number of rotatable bonds is 33. The van der Waals surface area contributed by atoms with Crippen LogP contribution in [0, 0.1) is 0 Å². The van der Waals surface area contributed by atoms with Gasteiger partial charge in [0.25, 0.3) is 11.8 Å². The summed E-state index contributed by atoms with van der Waals surface area (Å²) in [5, 5.41) is 1.16. The summed E-state index contributed by atoms with van der Waals surface area (Å²) in [6.07, 6.45) is 5.06. The Morgan fingerprint density at radius 3 is 1.92 bits per heavy atom. The Bertz CT molecular complexity index is 2950. The molecule has 1 aliphatic carbocycles. The normalized spacial score (nSPS) is 16.9. The molecule has 2 amide bonds. The monoisotopic (exact) mass is 1190 g/mol. The van der Waals surface area contributed by atoms with Crippen LogP contribution in [0.2, 0.25) is 0 Å². The Morgan fingerprint density at radius 2 is 1.33 bits per heavy atom. The third-order valence-electron chi connectivity index (χ3n) is 12.5. The van der Waals surface area contributed by atoms with E-state index in [1.807, 2.05) is 33.7 Å². The van der Waals surface area contributed by atoms with Crippen molar-refractivity contribution in [2.45, 2.75) is 81.9 Å². The van der Waals surface area contributed by atoms with Crippen molar-refractivity contribution in [2.24, 2.45) is 0 Å². The number of benzene rings is 2. The van der Waals surface area contributed by atoms with Gasteiger partial charge in [-0.15, -0.1) is 5.06 Å². The van der Waals surface area contributed by atoms with E-state index in [1.54, 1.807) is 32.3 Å². The smallest absolute Gasteiger partial charge is 0.748 e. The summed E-state index contributed by atoms with van der Waals surface area (Å²) in [7, 11) is -12.4. The van der Waals surface area contributed by atoms with E-state index in [9.17, 15) is 53.3 Å². The first kappa shape index (κ1) is 70.3. The maximum Gasteiger partial charge on any atom is 1.00 e. The zero-order chi connectivity index (χ0) is 56.4. The van der Waals surface area contributed by atoms with E-state index in [0.29, 0.717) is 71.9 Å². The van der Waals surface area contributed by atoms with E-state index < -0.39 is 70.0 Å². The summed E-state index contributed by atoms with van der Waals surface area (Å²) in [4.78, 5) is 41.5. The molecule has 1 unspecified atom stereocenters. The van der Waals surface area contributed by atoms with Crippen LogP contribution in [-0.4, -0.2) is 173 Å². The number of carbonyl (C=O) groups excluding carboxylic acids is 3. The van der Waals surface area contributed by atoms with Crippen molar-refractivity contribution in [3.8, 4) is 11.3 Å². The molecule has 28 heteroatoms. The van der Waals surface area contributed by atoms with Gasteiger partial charge < -0.3 is 56.2 Å². The van der Waals surface area contributed by atoms with Gasteiger partial charge in [0.2, 0.25) is 5.36 Å². The molecule has 1 aromatic rings. The van der Waals surface area contributed by atoms with Crippen molar-refractivity contribution in [3.63, 3.8) is 0 Å². The number of carbonyl (C=O) groups is 3. The van der Waals surface area contributed by atoms with E-state index in [0.717, 1.165) is 11.1 Å². The van der Waals surface area contributed by atoms with Crippen molar-refractivity contribution >= 4 is 59.9 Å². The second kappa shape index (κ2) is 32.8. The second-order valence-electron chi connectivity index (χ2n) is 19.3. The zero-order valence-corrected chi connectivity index (χ0v) is 52.5. The fourth-order valence-electron chi connectivity index (χ4n) is 8.72. The first-order chi connectivity index (χ1) is 36.3. The number of anilines is 1. The summed E-state index contributed by atoms with van der Waals surface area (Å²) in [6, 6.07) is 11.5. The molecule has 0 spiro atoms. The van der Waals surface area contributed by atoms with Crippen LogP contribution in [0.25, 0.3) is 17.4 Å². The number of nitrogens with zero attached hydrogens (tertiary/aromatic N) is 3. The van der Waals surface area contributed by atoms with E-state index in [2.05, 4.69) is 20.8 Å². The molecule has 0 radical (unpaired) electrons. The summed E-state index contributed by atoms with van der Waals surface area (Å²) in [5.74, 6) is -2.25. The molecule has 4 aliphatic rings. The minimum atomic E-state index is -4.93. The van der Waals surface area contributed by atoms with Gasteiger partial charge in [-0.3, -0.25) is 9.59 Å². The average Bonchev–Trinajstić information content (AvgIpc) is 3.92.